The lowest BCUT2D eigenvalue weighted by Crippen LogP contribution is -2.32. The van der Waals surface area contributed by atoms with Gasteiger partial charge in [-0.25, -0.2) is 0 Å². The highest BCUT2D eigenvalue weighted by molar-refractivity contribution is 14.0. The molecular weight excluding hydrogens is 343 g/mol. The smallest absolute Gasteiger partial charge is 0.188 e. The highest BCUT2D eigenvalue weighted by atomic mass is 127. The summed E-state index contributed by atoms with van der Waals surface area (Å²) in [5, 5.41) is 12.8. The maximum Gasteiger partial charge on any atom is 0.188 e. The maximum absolute atomic E-state index is 9.82. The molecule has 0 aliphatic carbocycles. The standard InChI is InChI=1S/C12H20N4O.HI/c1-2-3-6-15-12(13)16-9-11(17)10-4-7-14-8-5-10;/h4-5,7-8,11,17H,2-3,6,9H2,1H3,(H3,13,15,16);1H. The van der Waals surface area contributed by atoms with Crippen molar-refractivity contribution in [3.63, 3.8) is 0 Å². The van der Waals surface area contributed by atoms with Gasteiger partial charge in [0.1, 0.15) is 0 Å². The Morgan fingerprint density at radius 3 is 2.78 bits per heavy atom. The molecule has 0 radical (unpaired) electrons. The maximum atomic E-state index is 9.82. The highest BCUT2D eigenvalue weighted by Gasteiger charge is 2.05. The van der Waals surface area contributed by atoms with E-state index in [1.165, 1.54) is 0 Å². The number of hydrogen-bond acceptors (Lipinski definition) is 3. The van der Waals surface area contributed by atoms with Gasteiger partial charge in [-0.2, -0.15) is 0 Å². The summed E-state index contributed by atoms with van der Waals surface area (Å²) in [6.45, 7) is 3.19. The molecule has 0 fully saturated rings. The van der Waals surface area contributed by atoms with Crippen molar-refractivity contribution in [1.82, 2.24) is 10.3 Å². The number of halogens is 1. The van der Waals surface area contributed by atoms with Gasteiger partial charge in [-0.1, -0.05) is 13.3 Å². The third kappa shape index (κ3) is 6.75. The van der Waals surface area contributed by atoms with E-state index in [0.717, 1.165) is 24.9 Å². The van der Waals surface area contributed by atoms with Gasteiger partial charge in [-0.3, -0.25) is 9.98 Å². The molecule has 0 bridgehead atoms. The molecule has 0 amide bonds. The Morgan fingerprint density at radius 1 is 1.50 bits per heavy atom. The first kappa shape index (κ1) is 17.1. The van der Waals surface area contributed by atoms with Crippen molar-refractivity contribution >= 4 is 29.9 Å². The molecule has 0 saturated carbocycles. The fraction of sp³-hybridized carbons (Fsp3) is 0.500. The summed E-state index contributed by atoms with van der Waals surface area (Å²) in [4.78, 5) is 7.97. The van der Waals surface area contributed by atoms with Crippen LogP contribution in [0.2, 0.25) is 0 Å². The number of guanidine groups is 1. The van der Waals surface area contributed by atoms with E-state index < -0.39 is 6.10 Å². The number of unbranched alkanes of at least 4 members (excludes halogenated alkanes) is 1. The zero-order valence-corrected chi connectivity index (χ0v) is 12.9. The Balaban J connectivity index is 0.00000289. The normalized spacial score (nSPS) is 12.7. The van der Waals surface area contributed by atoms with Gasteiger partial charge >= 0.3 is 0 Å². The van der Waals surface area contributed by atoms with Crippen molar-refractivity contribution in [3.05, 3.63) is 30.1 Å². The minimum Gasteiger partial charge on any atom is -0.386 e. The van der Waals surface area contributed by atoms with Gasteiger partial charge in [0.2, 0.25) is 0 Å². The van der Waals surface area contributed by atoms with Crippen molar-refractivity contribution in [2.75, 3.05) is 13.1 Å². The van der Waals surface area contributed by atoms with Gasteiger partial charge < -0.3 is 16.2 Å². The van der Waals surface area contributed by atoms with Gasteiger partial charge in [-0.05, 0) is 24.1 Å². The van der Waals surface area contributed by atoms with E-state index in [4.69, 9.17) is 5.73 Å². The lowest BCUT2D eigenvalue weighted by atomic mass is 10.1. The summed E-state index contributed by atoms with van der Waals surface area (Å²) in [5.74, 6) is 0.381. The molecule has 1 heterocycles. The second kappa shape index (κ2) is 10.1. The van der Waals surface area contributed by atoms with Gasteiger partial charge in [0.25, 0.3) is 0 Å². The minimum atomic E-state index is -0.635. The zero-order valence-electron chi connectivity index (χ0n) is 10.5. The molecule has 102 valence electrons. The van der Waals surface area contributed by atoms with E-state index in [1.54, 1.807) is 24.5 Å². The van der Waals surface area contributed by atoms with E-state index in [9.17, 15) is 5.11 Å². The molecule has 4 N–H and O–H groups in total. The summed E-state index contributed by atoms with van der Waals surface area (Å²) in [5.41, 5.74) is 6.45. The first-order chi connectivity index (χ1) is 8.24. The molecular formula is C12H21IN4O. The summed E-state index contributed by atoms with van der Waals surface area (Å²) in [7, 11) is 0. The van der Waals surface area contributed by atoms with Crippen LogP contribution in [-0.4, -0.2) is 29.1 Å². The van der Waals surface area contributed by atoms with Gasteiger partial charge in [0, 0.05) is 18.9 Å². The fourth-order valence-corrected chi connectivity index (χ4v) is 1.32. The number of aliphatic hydroxyl groups is 1. The Bertz CT molecular complexity index is 345. The van der Waals surface area contributed by atoms with E-state index in [-0.39, 0.29) is 30.5 Å². The number of nitrogens with two attached hydrogens (primary N) is 1. The van der Waals surface area contributed by atoms with Crippen LogP contribution < -0.4 is 11.1 Å². The molecule has 0 spiro atoms. The average molecular weight is 364 g/mol. The zero-order chi connectivity index (χ0) is 12.5. The first-order valence-electron chi connectivity index (χ1n) is 5.85. The van der Waals surface area contributed by atoms with Gasteiger partial charge in [0.05, 0.1) is 12.6 Å². The van der Waals surface area contributed by atoms with E-state index >= 15 is 0 Å². The first-order valence-corrected chi connectivity index (χ1v) is 5.85. The van der Waals surface area contributed by atoms with Crippen LogP contribution in [0.4, 0.5) is 0 Å². The minimum absolute atomic E-state index is 0. The number of nitrogens with one attached hydrogen (secondary N) is 1. The molecule has 5 nitrogen and oxygen atoms in total. The molecule has 6 heteroatoms. The third-order valence-corrected chi connectivity index (χ3v) is 2.36. The Morgan fingerprint density at radius 2 is 2.17 bits per heavy atom. The Labute approximate surface area is 125 Å². The van der Waals surface area contributed by atoms with E-state index in [2.05, 4.69) is 22.2 Å². The van der Waals surface area contributed by atoms with Gasteiger partial charge in [-0.15, -0.1) is 24.0 Å². The van der Waals surface area contributed by atoms with Crippen molar-refractivity contribution in [2.24, 2.45) is 10.7 Å². The summed E-state index contributed by atoms with van der Waals surface area (Å²) >= 11 is 0. The van der Waals surface area contributed by atoms with Crippen molar-refractivity contribution in [2.45, 2.75) is 25.9 Å². The van der Waals surface area contributed by atoms with Crippen LogP contribution in [0.15, 0.2) is 29.5 Å². The van der Waals surface area contributed by atoms with Crippen LogP contribution in [0.3, 0.4) is 0 Å². The molecule has 1 aromatic heterocycles. The molecule has 1 atom stereocenters. The number of aromatic nitrogens is 1. The number of rotatable bonds is 6. The van der Waals surface area contributed by atoms with Crippen LogP contribution >= 0.6 is 24.0 Å². The lowest BCUT2D eigenvalue weighted by molar-refractivity contribution is 0.187. The second-order valence-electron chi connectivity index (χ2n) is 3.80. The Hall–Kier alpha value is -0.890. The predicted octanol–water partition coefficient (Wildman–Crippen LogP) is 1.44. The van der Waals surface area contributed by atoms with Crippen LogP contribution in [0.5, 0.6) is 0 Å². The van der Waals surface area contributed by atoms with Crippen molar-refractivity contribution in [3.8, 4) is 0 Å². The van der Waals surface area contributed by atoms with Crippen molar-refractivity contribution < 1.29 is 5.11 Å². The molecule has 0 aliphatic rings. The van der Waals surface area contributed by atoms with Gasteiger partial charge in [0.15, 0.2) is 5.96 Å². The number of hydrogen-bond donors (Lipinski definition) is 3. The Kier molecular flexibility index (Phi) is 9.57. The third-order valence-electron chi connectivity index (χ3n) is 2.36. The van der Waals surface area contributed by atoms with Crippen molar-refractivity contribution in [1.29, 1.82) is 0 Å². The summed E-state index contributed by atoms with van der Waals surface area (Å²) in [6.07, 6.45) is 4.82. The second-order valence-corrected chi connectivity index (χ2v) is 3.80. The van der Waals surface area contributed by atoms with E-state index in [1.807, 2.05) is 0 Å². The summed E-state index contributed by atoms with van der Waals surface area (Å²) < 4.78 is 0. The lowest BCUT2D eigenvalue weighted by Gasteiger charge is -2.09. The molecule has 0 saturated heterocycles. The molecule has 1 unspecified atom stereocenters. The van der Waals surface area contributed by atoms with Crippen LogP contribution in [0.1, 0.15) is 31.4 Å². The topological polar surface area (TPSA) is 83.5 Å². The largest absolute Gasteiger partial charge is 0.386 e. The number of aliphatic imine (C=N–C) groups is 1. The molecule has 18 heavy (non-hydrogen) atoms. The fourth-order valence-electron chi connectivity index (χ4n) is 1.32. The molecule has 1 aromatic rings. The van der Waals surface area contributed by atoms with Crippen LogP contribution in [0, 0.1) is 0 Å². The number of aliphatic hydroxyl groups excluding tert-OH is 1. The van der Waals surface area contributed by atoms with E-state index in [0.29, 0.717) is 5.96 Å². The molecule has 0 aromatic carbocycles. The number of nitrogens with zero attached hydrogens (tertiary/aromatic N) is 2. The number of pyridine rings is 1. The SMILES string of the molecule is CCCCNC(N)=NCC(O)c1ccncc1.I. The monoisotopic (exact) mass is 364 g/mol. The predicted molar refractivity (Wildman–Crippen MR) is 84.0 cm³/mol. The highest BCUT2D eigenvalue weighted by Crippen LogP contribution is 2.10. The quantitative estimate of drug-likeness (QED) is 0.309. The molecule has 1 rings (SSSR count). The average Bonchev–Trinajstić information content (AvgIpc) is 2.37. The molecule has 0 aliphatic heterocycles. The summed E-state index contributed by atoms with van der Waals surface area (Å²) in [6, 6.07) is 3.53. The van der Waals surface area contributed by atoms with Crippen LogP contribution in [-0.2, 0) is 0 Å². The van der Waals surface area contributed by atoms with Crippen LogP contribution in [0.25, 0.3) is 0 Å².